The molecule has 180 valence electrons. The molecular formula is C22H26F4N4O3. The second kappa shape index (κ2) is 11.0. The van der Waals surface area contributed by atoms with Gasteiger partial charge in [0.05, 0.1) is 30.0 Å². The largest absolute Gasteiger partial charge is 0.497 e. The summed E-state index contributed by atoms with van der Waals surface area (Å²) in [5.74, 6) is -1.59. The molecule has 0 spiro atoms. The maximum Gasteiger partial charge on any atom is 0.417 e. The van der Waals surface area contributed by atoms with Crippen molar-refractivity contribution in [2.24, 2.45) is 5.10 Å². The summed E-state index contributed by atoms with van der Waals surface area (Å²) >= 11 is 0. The third kappa shape index (κ3) is 6.33. The molecular weight excluding hydrogens is 444 g/mol. The molecule has 1 heterocycles. The summed E-state index contributed by atoms with van der Waals surface area (Å²) in [5, 5.41) is 5.71. The van der Waals surface area contributed by atoms with Crippen molar-refractivity contribution in [2.75, 3.05) is 32.3 Å². The molecule has 0 saturated heterocycles. The van der Waals surface area contributed by atoms with Crippen LogP contribution < -0.4 is 14.5 Å². The van der Waals surface area contributed by atoms with Crippen molar-refractivity contribution in [2.45, 2.75) is 33.0 Å². The molecule has 0 aliphatic heterocycles. The number of ether oxygens (including phenoxy) is 2. The minimum atomic E-state index is -4.71. The maximum atomic E-state index is 14.0. The quantitative estimate of drug-likeness (QED) is 0.304. The average molecular weight is 470 g/mol. The van der Waals surface area contributed by atoms with Crippen LogP contribution in [-0.2, 0) is 6.18 Å². The van der Waals surface area contributed by atoms with Gasteiger partial charge in [-0.15, -0.1) is 0 Å². The number of methoxy groups -OCH3 is 1. The molecule has 0 aliphatic carbocycles. The van der Waals surface area contributed by atoms with E-state index in [0.29, 0.717) is 35.8 Å². The maximum absolute atomic E-state index is 14.0. The van der Waals surface area contributed by atoms with E-state index in [1.165, 1.54) is 17.0 Å². The van der Waals surface area contributed by atoms with E-state index in [0.717, 1.165) is 0 Å². The predicted octanol–water partition coefficient (Wildman–Crippen LogP) is 4.62. The van der Waals surface area contributed by atoms with E-state index >= 15 is 0 Å². The van der Waals surface area contributed by atoms with Gasteiger partial charge in [0.25, 0.3) is 5.91 Å². The lowest BCUT2D eigenvalue weighted by molar-refractivity contribution is -0.138. The lowest BCUT2D eigenvalue weighted by Gasteiger charge is -2.29. The molecule has 1 atom stereocenters. The summed E-state index contributed by atoms with van der Waals surface area (Å²) in [6, 6.07) is 4.73. The summed E-state index contributed by atoms with van der Waals surface area (Å²) in [7, 11) is 3.20. The Morgan fingerprint density at radius 3 is 2.55 bits per heavy atom. The summed E-state index contributed by atoms with van der Waals surface area (Å²) < 4.78 is 62.6. The van der Waals surface area contributed by atoms with E-state index < -0.39 is 29.5 Å². The number of anilines is 1. The van der Waals surface area contributed by atoms with Crippen LogP contribution >= 0.6 is 0 Å². The number of amides is 1. The van der Waals surface area contributed by atoms with Crippen LogP contribution in [0.1, 0.15) is 36.7 Å². The number of pyridine rings is 1. The number of carbonyl (C=O) groups excluding carboxylic acids is 1. The van der Waals surface area contributed by atoms with E-state index in [9.17, 15) is 22.4 Å². The first-order chi connectivity index (χ1) is 15.5. The Morgan fingerprint density at radius 2 is 2.00 bits per heavy atom. The Bertz CT molecular complexity index is 998. The van der Waals surface area contributed by atoms with Crippen LogP contribution in [0.3, 0.4) is 0 Å². The molecule has 2 rings (SSSR count). The number of rotatable bonds is 9. The molecule has 0 aliphatic rings. The van der Waals surface area contributed by atoms with Crippen LogP contribution in [0, 0.1) is 5.82 Å². The van der Waals surface area contributed by atoms with Gasteiger partial charge >= 0.3 is 6.18 Å². The molecule has 7 nitrogen and oxygen atoms in total. The van der Waals surface area contributed by atoms with Crippen LogP contribution in [0.25, 0.3) is 0 Å². The highest BCUT2D eigenvalue weighted by molar-refractivity contribution is 6.00. The van der Waals surface area contributed by atoms with Crippen molar-refractivity contribution in [3.8, 4) is 11.6 Å². The summed E-state index contributed by atoms with van der Waals surface area (Å²) in [6.07, 6.45) is -2.64. The Balaban J connectivity index is 2.22. The SMILES string of the molecule is C/C=N\N(C)c1cc(OC)ccc1C(=O)N(CC)C(C)COc1ncc(C(F)(F)F)cc1F. The van der Waals surface area contributed by atoms with Crippen molar-refractivity contribution in [3.63, 3.8) is 0 Å². The zero-order valence-corrected chi connectivity index (χ0v) is 19.0. The van der Waals surface area contributed by atoms with Gasteiger partial charge < -0.3 is 14.4 Å². The summed E-state index contributed by atoms with van der Waals surface area (Å²) in [5.41, 5.74) is -0.340. The topological polar surface area (TPSA) is 67.3 Å². The number of alkyl halides is 3. The third-order valence-corrected chi connectivity index (χ3v) is 4.80. The highest BCUT2D eigenvalue weighted by Gasteiger charge is 2.32. The highest BCUT2D eigenvalue weighted by atomic mass is 19.4. The lowest BCUT2D eigenvalue weighted by atomic mass is 10.1. The second-order valence-corrected chi connectivity index (χ2v) is 7.04. The number of aromatic nitrogens is 1. The van der Waals surface area contributed by atoms with Gasteiger partial charge in [-0.25, -0.2) is 9.37 Å². The van der Waals surface area contributed by atoms with Crippen LogP contribution in [0.15, 0.2) is 35.6 Å². The Kier molecular flexibility index (Phi) is 8.61. The van der Waals surface area contributed by atoms with Crippen LogP contribution in [-0.4, -0.2) is 55.4 Å². The van der Waals surface area contributed by atoms with Crippen molar-refractivity contribution < 1.29 is 31.8 Å². The molecule has 1 aromatic heterocycles. The molecule has 1 aromatic carbocycles. The molecule has 0 fully saturated rings. The second-order valence-electron chi connectivity index (χ2n) is 7.04. The zero-order chi connectivity index (χ0) is 24.8. The molecule has 0 bridgehead atoms. The fourth-order valence-electron chi connectivity index (χ4n) is 3.11. The first-order valence-electron chi connectivity index (χ1n) is 10.1. The van der Waals surface area contributed by atoms with E-state index in [1.54, 1.807) is 52.2 Å². The van der Waals surface area contributed by atoms with E-state index in [-0.39, 0.29) is 12.5 Å². The van der Waals surface area contributed by atoms with E-state index in [1.807, 2.05) is 0 Å². The standard InChI is InChI=1S/C22H26F4N4O3/c1-6-28-29(4)19-11-16(32-5)8-9-17(19)21(31)30(7-2)14(3)13-33-20-18(23)10-15(12-27-20)22(24,25)26/h6,8-12,14H,7,13H2,1-5H3/b28-6-. The number of hydrazone groups is 1. The molecule has 1 amide bonds. The van der Waals surface area contributed by atoms with Crippen molar-refractivity contribution in [3.05, 3.63) is 47.4 Å². The molecule has 2 aromatic rings. The normalized spacial score (nSPS) is 12.5. The van der Waals surface area contributed by atoms with Crippen molar-refractivity contribution >= 4 is 17.8 Å². The number of likely N-dealkylation sites (N-methyl/N-ethyl adjacent to an activating group) is 1. The Morgan fingerprint density at radius 1 is 1.30 bits per heavy atom. The van der Waals surface area contributed by atoms with Gasteiger partial charge in [0.15, 0.2) is 5.82 Å². The van der Waals surface area contributed by atoms with E-state index in [2.05, 4.69) is 10.1 Å². The van der Waals surface area contributed by atoms with Crippen LogP contribution in [0.5, 0.6) is 11.6 Å². The first kappa shape index (κ1) is 25.9. The number of carbonyl (C=O) groups is 1. The van der Waals surface area contributed by atoms with Gasteiger partial charge in [-0.3, -0.25) is 9.80 Å². The summed E-state index contributed by atoms with van der Waals surface area (Å²) in [4.78, 5) is 18.2. The highest BCUT2D eigenvalue weighted by Crippen LogP contribution is 2.31. The number of hydrogen-bond donors (Lipinski definition) is 0. The predicted molar refractivity (Wildman–Crippen MR) is 116 cm³/mol. The molecule has 0 N–H and O–H groups in total. The van der Waals surface area contributed by atoms with Crippen LogP contribution in [0.4, 0.5) is 23.2 Å². The smallest absolute Gasteiger partial charge is 0.417 e. The molecule has 0 radical (unpaired) electrons. The van der Waals surface area contributed by atoms with Crippen molar-refractivity contribution in [1.82, 2.24) is 9.88 Å². The number of halogens is 4. The fourth-order valence-corrected chi connectivity index (χ4v) is 3.11. The van der Waals surface area contributed by atoms with Gasteiger partial charge in [0.1, 0.15) is 12.4 Å². The van der Waals surface area contributed by atoms with Gasteiger partial charge in [0.2, 0.25) is 5.88 Å². The fraction of sp³-hybridized carbons (Fsp3) is 0.409. The lowest BCUT2D eigenvalue weighted by Crippen LogP contribution is -2.42. The minimum absolute atomic E-state index is 0.177. The number of benzene rings is 1. The van der Waals surface area contributed by atoms with Crippen LogP contribution in [0.2, 0.25) is 0 Å². The van der Waals surface area contributed by atoms with Gasteiger partial charge in [-0.2, -0.15) is 18.3 Å². The Labute approximate surface area is 189 Å². The minimum Gasteiger partial charge on any atom is -0.497 e. The van der Waals surface area contributed by atoms with E-state index in [4.69, 9.17) is 9.47 Å². The summed E-state index contributed by atoms with van der Waals surface area (Å²) in [6.45, 7) is 5.31. The zero-order valence-electron chi connectivity index (χ0n) is 19.0. The van der Waals surface area contributed by atoms with Gasteiger partial charge in [-0.1, -0.05) is 0 Å². The van der Waals surface area contributed by atoms with Crippen molar-refractivity contribution in [1.29, 1.82) is 0 Å². The first-order valence-corrected chi connectivity index (χ1v) is 10.1. The third-order valence-electron chi connectivity index (χ3n) is 4.80. The molecule has 33 heavy (non-hydrogen) atoms. The van der Waals surface area contributed by atoms with Gasteiger partial charge in [0, 0.05) is 32.1 Å². The number of nitrogens with zero attached hydrogens (tertiary/aromatic N) is 4. The monoisotopic (exact) mass is 470 g/mol. The molecule has 11 heteroatoms. The molecule has 1 unspecified atom stereocenters. The molecule has 0 saturated carbocycles. The average Bonchev–Trinajstić information content (AvgIpc) is 2.77. The Hall–Kier alpha value is -3.37. The van der Waals surface area contributed by atoms with Gasteiger partial charge in [-0.05, 0) is 39.0 Å². The number of hydrogen-bond acceptors (Lipinski definition) is 6.